The molecule has 0 aliphatic carbocycles. The van der Waals surface area contributed by atoms with Crippen molar-refractivity contribution in [3.63, 3.8) is 0 Å². The summed E-state index contributed by atoms with van der Waals surface area (Å²) in [5.74, 6) is 1.63. The monoisotopic (exact) mass is 483 g/mol. The van der Waals surface area contributed by atoms with Gasteiger partial charge in [0, 0.05) is 36.5 Å². The Labute approximate surface area is 198 Å². The van der Waals surface area contributed by atoms with Gasteiger partial charge >= 0.3 is 0 Å². The second-order valence-electron chi connectivity index (χ2n) is 9.10. The lowest BCUT2D eigenvalue weighted by Crippen LogP contribution is -2.39. The fourth-order valence-corrected chi connectivity index (χ4v) is 6.19. The third kappa shape index (κ3) is 3.94. The minimum absolute atomic E-state index is 0.0400. The number of benzene rings is 1. The Kier molecular flexibility index (Phi) is 5.81. The summed E-state index contributed by atoms with van der Waals surface area (Å²) in [7, 11) is -3.43. The van der Waals surface area contributed by atoms with E-state index in [-0.39, 0.29) is 18.0 Å². The topological polar surface area (TPSA) is 110 Å². The van der Waals surface area contributed by atoms with Crippen LogP contribution in [0.4, 0.5) is 0 Å². The number of carbonyl (C=O) groups is 1. The Bertz CT molecular complexity index is 1350. The van der Waals surface area contributed by atoms with E-state index in [1.165, 1.54) is 4.31 Å². The summed E-state index contributed by atoms with van der Waals surface area (Å²) in [5.41, 5.74) is 4.60. The summed E-state index contributed by atoms with van der Waals surface area (Å²) in [6.07, 6.45) is 3.51. The number of amides is 1. The highest BCUT2D eigenvalue weighted by Gasteiger charge is 2.32. The van der Waals surface area contributed by atoms with E-state index in [1.807, 2.05) is 26.0 Å². The normalized spacial score (nSPS) is 20.5. The van der Waals surface area contributed by atoms with Crippen LogP contribution in [0.15, 0.2) is 34.7 Å². The number of rotatable bonds is 5. The number of hydrogen-bond donors (Lipinski definition) is 1. The molecule has 5 rings (SSSR count). The lowest BCUT2D eigenvalue weighted by Gasteiger charge is -2.33. The molecule has 1 amide bonds. The van der Waals surface area contributed by atoms with Gasteiger partial charge in [-0.25, -0.2) is 13.4 Å². The molecule has 2 aliphatic heterocycles. The van der Waals surface area contributed by atoms with Gasteiger partial charge in [0.15, 0.2) is 0 Å². The highest BCUT2D eigenvalue weighted by molar-refractivity contribution is 7.92. The lowest BCUT2D eigenvalue weighted by atomic mass is 10.0. The Hall–Kier alpha value is -2.98. The zero-order chi connectivity index (χ0) is 24.0. The molecule has 1 atom stereocenters. The minimum Gasteiger partial charge on any atom is -0.361 e. The number of imidazole rings is 1. The average molecular weight is 484 g/mol. The molecule has 0 bridgehead atoms. The first-order chi connectivity index (χ1) is 16.3. The van der Waals surface area contributed by atoms with Crippen LogP contribution in [-0.4, -0.2) is 46.4 Å². The van der Waals surface area contributed by atoms with E-state index >= 15 is 0 Å². The molecule has 2 aliphatic rings. The van der Waals surface area contributed by atoms with Crippen LogP contribution in [-0.2, 0) is 14.8 Å². The van der Waals surface area contributed by atoms with Gasteiger partial charge in [-0.3, -0.25) is 4.79 Å². The molecule has 34 heavy (non-hydrogen) atoms. The van der Waals surface area contributed by atoms with Crippen molar-refractivity contribution in [2.24, 2.45) is 0 Å². The molecule has 1 N–H and O–H groups in total. The number of carbonyl (C=O) groups excluding carboxylic acids is 1. The van der Waals surface area contributed by atoms with Crippen molar-refractivity contribution in [2.75, 3.05) is 13.1 Å². The number of hydrogen-bond acceptors (Lipinski definition) is 6. The molecule has 0 saturated carbocycles. The number of fused-ring (bicyclic) bond motifs is 1. The lowest BCUT2D eigenvalue weighted by molar-refractivity contribution is -0.123. The molecule has 3 aromatic rings. The van der Waals surface area contributed by atoms with Crippen LogP contribution >= 0.6 is 0 Å². The average Bonchev–Trinajstić information content (AvgIpc) is 3.38. The summed E-state index contributed by atoms with van der Waals surface area (Å²) in [4.78, 5) is 17.2. The summed E-state index contributed by atoms with van der Waals surface area (Å²) in [6.45, 7) is 8.11. The number of aryl methyl sites for hydroxylation is 2. The van der Waals surface area contributed by atoms with Crippen molar-refractivity contribution in [3.8, 4) is 11.1 Å². The van der Waals surface area contributed by atoms with Crippen molar-refractivity contribution >= 4 is 27.0 Å². The van der Waals surface area contributed by atoms with E-state index < -0.39 is 10.0 Å². The Morgan fingerprint density at radius 3 is 2.62 bits per heavy atom. The van der Waals surface area contributed by atoms with Crippen molar-refractivity contribution in [3.05, 3.63) is 47.5 Å². The predicted octanol–water partition coefficient (Wildman–Crippen LogP) is 3.76. The predicted molar refractivity (Wildman–Crippen MR) is 128 cm³/mol. The number of sulfonamides is 1. The molecule has 10 heteroatoms. The van der Waals surface area contributed by atoms with Gasteiger partial charge in [0.2, 0.25) is 15.9 Å². The van der Waals surface area contributed by atoms with Crippen LogP contribution in [0.2, 0.25) is 0 Å². The van der Waals surface area contributed by atoms with Crippen molar-refractivity contribution in [1.82, 2.24) is 24.3 Å². The molecular weight excluding hydrogens is 454 g/mol. The minimum atomic E-state index is -3.43. The summed E-state index contributed by atoms with van der Waals surface area (Å²) in [6, 6.07) is 6.08. The van der Waals surface area contributed by atoms with Crippen molar-refractivity contribution in [1.29, 1.82) is 0 Å². The van der Waals surface area contributed by atoms with Gasteiger partial charge in [0.1, 0.15) is 11.6 Å². The van der Waals surface area contributed by atoms with Crippen LogP contribution < -0.4 is 5.32 Å². The zero-order valence-corrected chi connectivity index (χ0v) is 20.3. The SMILES string of the molecule is C=CS(=O)(=O)N1CCC(n2c([C@@H]3CCCC(=O)N3)nc3cc(-c4c(C)noc4C)ccc32)CC1. The molecule has 0 radical (unpaired) electrons. The van der Waals surface area contributed by atoms with Crippen LogP contribution in [0.1, 0.15) is 61.5 Å². The summed E-state index contributed by atoms with van der Waals surface area (Å²) < 4.78 is 33.5. The van der Waals surface area contributed by atoms with Crippen LogP contribution in [0.5, 0.6) is 0 Å². The fraction of sp³-hybridized carbons (Fsp3) is 0.458. The van der Waals surface area contributed by atoms with Gasteiger partial charge in [-0.15, -0.1) is 0 Å². The van der Waals surface area contributed by atoms with Gasteiger partial charge in [-0.1, -0.05) is 17.8 Å². The first-order valence-electron chi connectivity index (χ1n) is 11.7. The molecular formula is C24H29N5O4S. The molecule has 9 nitrogen and oxygen atoms in total. The Morgan fingerprint density at radius 2 is 1.97 bits per heavy atom. The quantitative estimate of drug-likeness (QED) is 0.592. The molecule has 2 aromatic heterocycles. The highest BCUT2D eigenvalue weighted by atomic mass is 32.2. The molecule has 2 saturated heterocycles. The Balaban J connectivity index is 1.57. The molecule has 180 valence electrons. The third-order valence-electron chi connectivity index (χ3n) is 6.94. The van der Waals surface area contributed by atoms with E-state index in [0.717, 1.165) is 57.7 Å². The molecule has 0 spiro atoms. The van der Waals surface area contributed by atoms with Gasteiger partial charge in [-0.2, -0.15) is 4.31 Å². The summed E-state index contributed by atoms with van der Waals surface area (Å²) >= 11 is 0. The standard InChI is InChI=1S/C24H29N5O4S/c1-4-34(31,32)28-12-10-18(11-13-28)29-21-9-8-17(23-15(2)27-33-16(23)3)14-20(21)26-24(29)19-6-5-7-22(30)25-19/h4,8-9,14,18-19H,1,5-7,10-13H2,2-3H3,(H,25,30)/t19-/m0/s1. The van der Waals surface area contributed by atoms with Crippen LogP contribution in [0, 0.1) is 13.8 Å². The fourth-order valence-electron chi connectivity index (χ4n) is 5.26. The van der Waals surface area contributed by atoms with E-state index in [2.05, 4.69) is 27.7 Å². The maximum Gasteiger partial charge on any atom is 0.235 e. The number of nitrogens with zero attached hydrogens (tertiary/aromatic N) is 4. The second kappa shape index (κ2) is 8.66. The highest BCUT2D eigenvalue weighted by Crippen LogP contribution is 2.36. The number of aromatic nitrogens is 3. The third-order valence-corrected chi connectivity index (χ3v) is 8.45. The molecule has 1 aromatic carbocycles. The second-order valence-corrected chi connectivity index (χ2v) is 11.0. The van der Waals surface area contributed by atoms with Crippen LogP contribution in [0.3, 0.4) is 0 Å². The smallest absolute Gasteiger partial charge is 0.235 e. The number of piperidine rings is 2. The largest absolute Gasteiger partial charge is 0.361 e. The first-order valence-corrected chi connectivity index (χ1v) is 13.2. The summed E-state index contributed by atoms with van der Waals surface area (Å²) in [5, 5.41) is 8.20. The molecule has 4 heterocycles. The van der Waals surface area contributed by atoms with Crippen molar-refractivity contribution in [2.45, 2.75) is 58.0 Å². The zero-order valence-electron chi connectivity index (χ0n) is 19.5. The van der Waals surface area contributed by atoms with Gasteiger partial charge < -0.3 is 14.4 Å². The van der Waals surface area contributed by atoms with Crippen molar-refractivity contribution < 1.29 is 17.7 Å². The van der Waals surface area contributed by atoms with Gasteiger partial charge in [0.05, 0.1) is 22.8 Å². The van der Waals surface area contributed by atoms with E-state index in [9.17, 15) is 13.2 Å². The first kappa shape index (κ1) is 22.8. The molecule has 2 fully saturated rings. The van der Waals surface area contributed by atoms with Gasteiger partial charge in [-0.05, 0) is 57.2 Å². The maximum atomic E-state index is 12.2. The maximum absolute atomic E-state index is 12.2. The Morgan fingerprint density at radius 1 is 1.21 bits per heavy atom. The van der Waals surface area contributed by atoms with E-state index in [0.29, 0.717) is 32.4 Å². The van der Waals surface area contributed by atoms with E-state index in [1.54, 1.807) is 0 Å². The molecule has 0 unspecified atom stereocenters. The van der Waals surface area contributed by atoms with Gasteiger partial charge in [0.25, 0.3) is 0 Å². The van der Waals surface area contributed by atoms with Crippen LogP contribution in [0.25, 0.3) is 22.2 Å². The number of nitrogens with one attached hydrogen (secondary N) is 1. The van der Waals surface area contributed by atoms with E-state index in [4.69, 9.17) is 9.51 Å².